The molecule has 2 heteroatoms. The predicted octanol–water partition coefficient (Wildman–Crippen LogP) is 4.22. The second-order valence-corrected chi connectivity index (χ2v) is 4.35. The van der Waals surface area contributed by atoms with Gasteiger partial charge in [-0.05, 0) is 35.7 Å². The van der Waals surface area contributed by atoms with Gasteiger partial charge in [-0.25, -0.2) is 0 Å². The number of benzene rings is 2. The molecular weight excluding hydrogens is 224 g/mol. The van der Waals surface area contributed by atoms with Gasteiger partial charge in [-0.2, -0.15) is 0 Å². The Balaban J connectivity index is 2.22. The first-order valence-electron chi connectivity index (χ1n) is 4.77. The molecule has 0 saturated carbocycles. The average Bonchev–Trinajstić information content (AvgIpc) is 2.25. The van der Waals surface area contributed by atoms with Crippen molar-refractivity contribution in [2.24, 2.45) is 0 Å². The summed E-state index contributed by atoms with van der Waals surface area (Å²) < 4.78 is 0. The Morgan fingerprint density at radius 3 is 2.27 bits per heavy atom. The Morgan fingerprint density at radius 2 is 1.60 bits per heavy atom. The molecule has 76 valence electrons. The lowest BCUT2D eigenvalue weighted by molar-refractivity contribution is 1.13. The van der Waals surface area contributed by atoms with Gasteiger partial charge in [0, 0.05) is 9.92 Å². The third-order valence-corrected chi connectivity index (χ3v) is 2.99. The number of thiol groups is 1. The zero-order valence-corrected chi connectivity index (χ0v) is 9.80. The highest BCUT2D eigenvalue weighted by molar-refractivity contribution is 7.80. The monoisotopic (exact) mass is 234 g/mol. The van der Waals surface area contributed by atoms with E-state index in [2.05, 4.69) is 18.7 Å². The summed E-state index contributed by atoms with van der Waals surface area (Å²) in [7, 11) is 0. The molecule has 0 saturated heterocycles. The minimum atomic E-state index is 0.776. The van der Waals surface area contributed by atoms with E-state index in [0.717, 1.165) is 16.3 Å². The molecule has 0 fully saturated rings. The summed E-state index contributed by atoms with van der Waals surface area (Å²) in [6.45, 7) is 0. The second-order valence-electron chi connectivity index (χ2n) is 3.43. The Bertz CT molecular complexity index is 448. The van der Waals surface area contributed by atoms with Crippen LogP contribution in [0.15, 0.2) is 53.4 Å². The van der Waals surface area contributed by atoms with E-state index in [-0.39, 0.29) is 0 Å². The molecule has 2 aromatic rings. The van der Waals surface area contributed by atoms with Crippen molar-refractivity contribution in [3.63, 3.8) is 0 Å². The molecule has 2 aromatic carbocycles. The van der Waals surface area contributed by atoms with Gasteiger partial charge in [-0.1, -0.05) is 41.9 Å². The first-order valence-corrected chi connectivity index (χ1v) is 5.59. The van der Waals surface area contributed by atoms with E-state index in [4.69, 9.17) is 11.6 Å². The molecule has 0 atom stereocenters. The van der Waals surface area contributed by atoms with E-state index in [1.807, 2.05) is 42.5 Å². The lowest BCUT2D eigenvalue weighted by atomic mass is 10.1. The zero-order chi connectivity index (χ0) is 10.7. The molecule has 0 amide bonds. The van der Waals surface area contributed by atoms with Crippen LogP contribution in [0.4, 0.5) is 0 Å². The summed E-state index contributed by atoms with van der Waals surface area (Å²) in [5.74, 6) is 0. The molecule has 0 aliphatic carbocycles. The van der Waals surface area contributed by atoms with Gasteiger partial charge in [0.2, 0.25) is 0 Å². The maximum Gasteiger partial charge on any atom is 0.0406 e. The highest BCUT2D eigenvalue weighted by Crippen LogP contribution is 2.18. The summed E-state index contributed by atoms with van der Waals surface area (Å²) in [5.41, 5.74) is 2.49. The Kier molecular flexibility index (Phi) is 3.34. The van der Waals surface area contributed by atoms with Crippen molar-refractivity contribution in [1.29, 1.82) is 0 Å². The molecule has 2 rings (SSSR count). The van der Waals surface area contributed by atoms with Gasteiger partial charge in [-0.15, -0.1) is 12.6 Å². The van der Waals surface area contributed by atoms with Crippen molar-refractivity contribution in [2.75, 3.05) is 0 Å². The van der Waals surface area contributed by atoms with Crippen LogP contribution < -0.4 is 0 Å². The van der Waals surface area contributed by atoms with Crippen molar-refractivity contribution >= 4 is 24.2 Å². The molecule has 0 bridgehead atoms. The van der Waals surface area contributed by atoms with Crippen LogP contribution in [0.2, 0.25) is 5.02 Å². The lowest BCUT2D eigenvalue weighted by Crippen LogP contribution is -1.88. The van der Waals surface area contributed by atoms with E-state index in [0.29, 0.717) is 0 Å². The molecular formula is C13H11ClS. The summed E-state index contributed by atoms with van der Waals surface area (Å²) in [4.78, 5) is 1.03. The highest BCUT2D eigenvalue weighted by atomic mass is 35.5. The minimum absolute atomic E-state index is 0.776. The summed E-state index contributed by atoms with van der Waals surface area (Å²) in [6, 6.07) is 16.0. The molecule has 0 nitrogen and oxygen atoms in total. The molecule has 0 radical (unpaired) electrons. The molecule has 0 heterocycles. The summed E-state index contributed by atoms with van der Waals surface area (Å²) >= 11 is 10.3. The van der Waals surface area contributed by atoms with Crippen molar-refractivity contribution in [3.05, 3.63) is 64.7 Å². The molecule has 15 heavy (non-hydrogen) atoms. The number of hydrogen-bond donors (Lipinski definition) is 1. The Labute approximate surface area is 100 Å². The van der Waals surface area contributed by atoms with E-state index in [9.17, 15) is 0 Å². The van der Waals surface area contributed by atoms with Crippen LogP contribution in [0.25, 0.3) is 0 Å². The van der Waals surface area contributed by atoms with Gasteiger partial charge in [-0.3, -0.25) is 0 Å². The number of rotatable bonds is 2. The van der Waals surface area contributed by atoms with Crippen LogP contribution in [-0.4, -0.2) is 0 Å². The van der Waals surface area contributed by atoms with Gasteiger partial charge < -0.3 is 0 Å². The van der Waals surface area contributed by atoms with Crippen LogP contribution in [0.5, 0.6) is 0 Å². The van der Waals surface area contributed by atoms with Gasteiger partial charge >= 0.3 is 0 Å². The largest absolute Gasteiger partial charge is 0.143 e. The van der Waals surface area contributed by atoms with Crippen molar-refractivity contribution < 1.29 is 0 Å². The first kappa shape index (κ1) is 10.6. The number of halogens is 1. The van der Waals surface area contributed by atoms with Crippen LogP contribution in [0.1, 0.15) is 11.1 Å². The second kappa shape index (κ2) is 4.73. The Hall–Kier alpha value is -0.920. The maximum atomic E-state index is 5.83. The van der Waals surface area contributed by atoms with E-state index in [1.54, 1.807) is 0 Å². The summed E-state index contributed by atoms with van der Waals surface area (Å²) in [5, 5.41) is 0.776. The number of hydrogen-bond acceptors (Lipinski definition) is 1. The van der Waals surface area contributed by atoms with Crippen LogP contribution in [-0.2, 0) is 6.42 Å². The van der Waals surface area contributed by atoms with Gasteiger partial charge in [0.05, 0.1) is 0 Å². The quantitative estimate of drug-likeness (QED) is 0.739. The Morgan fingerprint density at radius 1 is 0.933 bits per heavy atom. The van der Waals surface area contributed by atoms with Crippen molar-refractivity contribution in [1.82, 2.24) is 0 Å². The molecule has 0 N–H and O–H groups in total. The molecule has 0 unspecified atom stereocenters. The SMILES string of the molecule is Sc1ccccc1Cc1ccc(Cl)cc1. The fourth-order valence-corrected chi connectivity index (χ4v) is 1.85. The van der Waals surface area contributed by atoms with Crippen molar-refractivity contribution in [2.45, 2.75) is 11.3 Å². The molecule has 0 aliphatic heterocycles. The van der Waals surface area contributed by atoms with E-state index >= 15 is 0 Å². The topological polar surface area (TPSA) is 0 Å². The fourth-order valence-electron chi connectivity index (χ4n) is 1.48. The van der Waals surface area contributed by atoms with Crippen LogP contribution >= 0.6 is 24.2 Å². The first-order chi connectivity index (χ1) is 7.25. The highest BCUT2D eigenvalue weighted by Gasteiger charge is 1.99. The third-order valence-electron chi connectivity index (χ3n) is 2.30. The standard InChI is InChI=1S/C13H11ClS/c14-12-7-5-10(6-8-12)9-11-3-1-2-4-13(11)15/h1-8,15H,9H2. The van der Waals surface area contributed by atoms with Crippen molar-refractivity contribution in [3.8, 4) is 0 Å². The smallest absolute Gasteiger partial charge is 0.0406 e. The van der Waals surface area contributed by atoms with Gasteiger partial charge in [0.1, 0.15) is 0 Å². The van der Waals surface area contributed by atoms with E-state index < -0.39 is 0 Å². The average molecular weight is 235 g/mol. The van der Waals surface area contributed by atoms with Crippen LogP contribution in [0.3, 0.4) is 0 Å². The third kappa shape index (κ3) is 2.77. The maximum absolute atomic E-state index is 5.83. The fraction of sp³-hybridized carbons (Fsp3) is 0.0769. The van der Waals surface area contributed by atoms with Gasteiger partial charge in [0.25, 0.3) is 0 Å². The summed E-state index contributed by atoms with van der Waals surface area (Å²) in [6.07, 6.45) is 0.900. The van der Waals surface area contributed by atoms with Gasteiger partial charge in [0.15, 0.2) is 0 Å². The molecule has 0 aromatic heterocycles. The molecule has 0 spiro atoms. The zero-order valence-electron chi connectivity index (χ0n) is 8.15. The normalized spacial score (nSPS) is 10.3. The van der Waals surface area contributed by atoms with E-state index in [1.165, 1.54) is 11.1 Å². The molecule has 0 aliphatic rings. The minimum Gasteiger partial charge on any atom is -0.143 e. The van der Waals surface area contributed by atoms with Crippen LogP contribution in [0, 0.1) is 0 Å². The predicted molar refractivity (Wildman–Crippen MR) is 68.0 cm³/mol. The lowest BCUT2D eigenvalue weighted by Gasteiger charge is -2.04.